The summed E-state index contributed by atoms with van der Waals surface area (Å²) < 4.78 is 1.19. The quantitative estimate of drug-likeness (QED) is 0.894. The SMILES string of the molecule is CC(c1ccccc1Br)N1CC[C@@H](N)C1. The van der Waals surface area contributed by atoms with E-state index in [1.807, 2.05) is 0 Å². The monoisotopic (exact) mass is 268 g/mol. The van der Waals surface area contributed by atoms with Crippen LogP contribution in [0.2, 0.25) is 0 Å². The van der Waals surface area contributed by atoms with Gasteiger partial charge in [0.05, 0.1) is 0 Å². The van der Waals surface area contributed by atoms with E-state index >= 15 is 0 Å². The number of nitrogens with zero attached hydrogens (tertiary/aromatic N) is 1. The van der Waals surface area contributed by atoms with Crippen LogP contribution in [0.1, 0.15) is 24.9 Å². The third-order valence-electron chi connectivity index (χ3n) is 3.16. The van der Waals surface area contributed by atoms with E-state index < -0.39 is 0 Å². The Balaban J connectivity index is 2.14. The Hall–Kier alpha value is -0.380. The van der Waals surface area contributed by atoms with Crippen LogP contribution in [0.5, 0.6) is 0 Å². The topological polar surface area (TPSA) is 29.3 Å². The zero-order chi connectivity index (χ0) is 10.8. The maximum absolute atomic E-state index is 5.93. The highest BCUT2D eigenvalue weighted by molar-refractivity contribution is 9.10. The molecule has 2 atom stereocenters. The molecular weight excluding hydrogens is 252 g/mol. The number of benzene rings is 1. The van der Waals surface area contributed by atoms with Gasteiger partial charge in [0.15, 0.2) is 0 Å². The molecule has 1 saturated heterocycles. The van der Waals surface area contributed by atoms with E-state index in [1.165, 1.54) is 10.0 Å². The molecule has 0 radical (unpaired) electrons. The molecule has 1 heterocycles. The van der Waals surface area contributed by atoms with Crippen molar-refractivity contribution in [3.05, 3.63) is 34.3 Å². The van der Waals surface area contributed by atoms with Crippen LogP contribution in [0.15, 0.2) is 28.7 Å². The van der Waals surface area contributed by atoms with Gasteiger partial charge in [-0.3, -0.25) is 4.90 Å². The predicted molar refractivity (Wildman–Crippen MR) is 66.7 cm³/mol. The van der Waals surface area contributed by atoms with Crippen LogP contribution in [0.3, 0.4) is 0 Å². The maximum Gasteiger partial charge on any atom is 0.0331 e. The molecule has 1 unspecified atom stereocenters. The van der Waals surface area contributed by atoms with Crippen molar-refractivity contribution in [2.45, 2.75) is 25.4 Å². The van der Waals surface area contributed by atoms with Crippen LogP contribution in [0, 0.1) is 0 Å². The molecule has 0 aromatic heterocycles. The molecule has 3 heteroatoms. The van der Waals surface area contributed by atoms with E-state index in [1.54, 1.807) is 0 Å². The van der Waals surface area contributed by atoms with Crippen LogP contribution < -0.4 is 5.73 Å². The number of hydrogen-bond acceptors (Lipinski definition) is 2. The lowest BCUT2D eigenvalue weighted by Gasteiger charge is -2.25. The molecule has 15 heavy (non-hydrogen) atoms. The van der Waals surface area contributed by atoms with Gasteiger partial charge in [0.1, 0.15) is 0 Å². The Morgan fingerprint density at radius 2 is 2.20 bits per heavy atom. The number of rotatable bonds is 2. The largest absolute Gasteiger partial charge is 0.326 e. The third-order valence-corrected chi connectivity index (χ3v) is 3.88. The molecule has 2 nitrogen and oxygen atoms in total. The van der Waals surface area contributed by atoms with Crippen LogP contribution in [0.25, 0.3) is 0 Å². The van der Waals surface area contributed by atoms with Gasteiger partial charge in [0, 0.05) is 29.6 Å². The Bertz CT molecular complexity index is 340. The predicted octanol–water partition coefficient (Wildman–Crippen LogP) is 2.54. The summed E-state index contributed by atoms with van der Waals surface area (Å²) in [6.07, 6.45) is 1.12. The van der Waals surface area contributed by atoms with Crippen LogP contribution in [0.4, 0.5) is 0 Å². The fraction of sp³-hybridized carbons (Fsp3) is 0.500. The molecule has 0 aliphatic carbocycles. The molecule has 0 amide bonds. The number of likely N-dealkylation sites (tertiary alicyclic amines) is 1. The first-order valence-corrected chi connectivity index (χ1v) is 6.22. The molecule has 2 N–H and O–H groups in total. The van der Waals surface area contributed by atoms with Crippen molar-refractivity contribution in [2.24, 2.45) is 5.73 Å². The Morgan fingerprint density at radius 3 is 2.80 bits per heavy atom. The molecule has 1 fully saturated rings. The van der Waals surface area contributed by atoms with Gasteiger partial charge >= 0.3 is 0 Å². The van der Waals surface area contributed by atoms with E-state index in [-0.39, 0.29) is 0 Å². The lowest BCUT2D eigenvalue weighted by atomic mass is 10.1. The summed E-state index contributed by atoms with van der Waals surface area (Å²) in [5, 5.41) is 0. The number of hydrogen-bond donors (Lipinski definition) is 1. The molecule has 1 aliphatic heterocycles. The smallest absolute Gasteiger partial charge is 0.0331 e. The minimum absolute atomic E-state index is 0.356. The highest BCUT2D eigenvalue weighted by atomic mass is 79.9. The second-order valence-electron chi connectivity index (χ2n) is 4.24. The molecule has 82 valence electrons. The zero-order valence-electron chi connectivity index (χ0n) is 8.99. The Labute approximate surface area is 99.6 Å². The molecular formula is C12H17BrN2. The second kappa shape index (κ2) is 4.64. The first-order valence-electron chi connectivity index (χ1n) is 5.42. The fourth-order valence-electron chi connectivity index (χ4n) is 2.18. The van der Waals surface area contributed by atoms with Gasteiger partial charge in [0.25, 0.3) is 0 Å². The normalized spacial score (nSPS) is 24.3. The van der Waals surface area contributed by atoms with Crippen molar-refractivity contribution in [3.63, 3.8) is 0 Å². The summed E-state index contributed by atoms with van der Waals surface area (Å²) in [5.41, 5.74) is 7.28. The minimum Gasteiger partial charge on any atom is -0.326 e. The van der Waals surface area contributed by atoms with Crippen LogP contribution >= 0.6 is 15.9 Å². The lowest BCUT2D eigenvalue weighted by molar-refractivity contribution is 0.259. The van der Waals surface area contributed by atoms with Crippen molar-refractivity contribution in [1.29, 1.82) is 0 Å². The molecule has 0 bridgehead atoms. The van der Waals surface area contributed by atoms with E-state index in [9.17, 15) is 0 Å². The minimum atomic E-state index is 0.356. The van der Waals surface area contributed by atoms with Gasteiger partial charge in [-0.05, 0) is 25.0 Å². The van der Waals surface area contributed by atoms with Crippen LogP contribution in [-0.4, -0.2) is 24.0 Å². The Morgan fingerprint density at radius 1 is 1.47 bits per heavy atom. The van der Waals surface area contributed by atoms with E-state index in [2.05, 4.69) is 52.0 Å². The first-order chi connectivity index (χ1) is 7.18. The van der Waals surface area contributed by atoms with Gasteiger partial charge in [0.2, 0.25) is 0 Å². The van der Waals surface area contributed by atoms with Crippen molar-refractivity contribution in [2.75, 3.05) is 13.1 Å². The summed E-state index contributed by atoms with van der Waals surface area (Å²) in [6.45, 7) is 4.38. The first kappa shape index (κ1) is 11.1. The summed E-state index contributed by atoms with van der Waals surface area (Å²) in [4.78, 5) is 2.45. The van der Waals surface area contributed by atoms with Crippen molar-refractivity contribution in [1.82, 2.24) is 4.90 Å². The van der Waals surface area contributed by atoms with Gasteiger partial charge in [-0.25, -0.2) is 0 Å². The van der Waals surface area contributed by atoms with E-state index in [0.717, 1.165) is 19.5 Å². The summed E-state index contributed by atoms with van der Waals surface area (Å²) in [6, 6.07) is 9.23. The van der Waals surface area contributed by atoms with Gasteiger partial charge in [-0.1, -0.05) is 34.1 Å². The van der Waals surface area contributed by atoms with Gasteiger partial charge in [-0.2, -0.15) is 0 Å². The van der Waals surface area contributed by atoms with Crippen molar-refractivity contribution in [3.8, 4) is 0 Å². The number of halogens is 1. The van der Waals surface area contributed by atoms with Gasteiger partial charge < -0.3 is 5.73 Å². The Kier molecular flexibility index (Phi) is 3.44. The maximum atomic E-state index is 5.93. The van der Waals surface area contributed by atoms with E-state index in [4.69, 9.17) is 5.73 Å². The van der Waals surface area contributed by atoms with Gasteiger partial charge in [-0.15, -0.1) is 0 Å². The van der Waals surface area contributed by atoms with E-state index in [0.29, 0.717) is 12.1 Å². The number of nitrogens with two attached hydrogens (primary N) is 1. The zero-order valence-corrected chi connectivity index (χ0v) is 10.6. The molecule has 0 saturated carbocycles. The summed E-state index contributed by atoms with van der Waals surface area (Å²) >= 11 is 3.60. The molecule has 1 aliphatic rings. The molecule has 2 rings (SSSR count). The second-order valence-corrected chi connectivity index (χ2v) is 5.10. The average Bonchev–Trinajstić information content (AvgIpc) is 2.65. The lowest BCUT2D eigenvalue weighted by Crippen LogP contribution is -2.28. The fourth-order valence-corrected chi connectivity index (χ4v) is 2.79. The molecule has 1 aromatic rings. The third kappa shape index (κ3) is 2.41. The molecule has 1 aromatic carbocycles. The van der Waals surface area contributed by atoms with Crippen molar-refractivity contribution >= 4 is 15.9 Å². The highest BCUT2D eigenvalue weighted by Gasteiger charge is 2.25. The summed E-state index contributed by atoms with van der Waals surface area (Å²) in [7, 11) is 0. The summed E-state index contributed by atoms with van der Waals surface area (Å²) in [5.74, 6) is 0. The highest BCUT2D eigenvalue weighted by Crippen LogP contribution is 2.29. The average molecular weight is 269 g/mol. The standard InChI is InChI=1S/C12H17BrN2/c1-9(15-7-6-10(14)8-15)11-4-2-3-5-12(11)13/h2-5,9-10H,6-8,14H2,1H3/t9?,10-/m1/s1. The van der Waals surface area contributed by atoms with Crippen LogP contribution in [-0.2, 0) is 0 Å². The molecule has 0 spiro atoms. The van der Waals surface area contributed by atoms with Crippen molar-refractivity contribution < 1.29 is 0 Å².